The van der Waals surface area contributed by atoms with E-state index in [1.165, 1.54) is 0 Å². The summed E-state index contributed by atoms with van der Waals surface area (Å²) in [5, 5.41) is 194. The Kier molecular flexibility index (Phi) is 20.9. The van der Waals surface area contributed by atoms with Crippen molar-refractivity contribution in [2.75, 3.05) is 39.6 Å². The number of carbonyl (C=O) groups is 6. The van der Waals surface area contributed by atoms with Crippen molar-refractivity contribution in [3.63, 3.8) is 0 Å². The quantitative estimate of drug-likeness (QED) is 0.0347. The maximum absolute atomic E-state index is 13.9. The van der Waals surface area contributed by atoms with Crippen LogP contribution in [0.1, 0.15) is 66.1 Å². The van der Waals surface area contributed by atoms with Crippen molar-refractivity contribution in [2.45, 2.75) is 110 Å². The van der Waals surface area contributed by atoms with Gasteiger partial charge in [-0.25, -0.2) is 14.4 Å². The fourth-order valence-corrected chi connectivity index (χ4v) is 9.08. The summed E-state index contributed by atoms with van der Waals surface area (Å²) in [7, 11) is 0. The van der Waals surface area contributed by atoms with Crippen LogP contribution in [0.5, 0.6) is 34.5 Å². The molecule has 0 radical (unpaired) electrons. The maximum atomic E-state index is 13.9. The summed E-state index contributed by atoms with van der Waals surface area (Å²) < 4.78 is 32.1. The topological polar surface area (TPSA) is 558 Å². The SMILES string of the molecule is O=C(N[C@H]1COC(=O)[C@@H](NC(=O)c2cc([C@@H]3O[C@H](CO)[C@@H](O)[C@H](O)[C@H]3O)cc(O)c2O)COC(=O)[C@@H](NC(=O)c2cc([C@@H]3O[C@H](CO)[C@@H](O)[C@H](O)[C@H]3O)cc(O)c2O)COC1=O)c1cc([C@@H]2O[C@H](CO)[C@@H](O)[C@H](O)[C@H]2O)cc(O)c1O.[Fe]. The van der Waals surface area contributed by atoms with E-state index in [9.17, 15) is 121 Å². The van der Waals surface area contributed by atoms with Crippen LogP contribution in [0, 0.1) is 0 Å². The monoisotopic (exact) mass is 1210 g/mol. The molecule has 452 valence electrons. The van der Waals surface area contributed by atoms with Crippen LogP contribution >= 0.6 is 0 Å². The van der Waals surface area contributed by atoms with Gasteiger partial charge >= 0.3 is 17.9 Å². The molecule has 3 aromatic carbocycles. The van der Waals surface area contributed by atoms with Crippen molar-refractivity contribution in [1.29, 1.82) is 0 Å². The van der Waals surface area contributed by atoms with E-state index in [1.807, 2.05) is 16.0 Å². The van der Waals surface area contributed by atoms with Gasteiger partial charge in [0.2, 0.25) is 0 Å². The van der Waals surface area contributed by atoms with Crippen molar-refractivity contribution < 1.29 is 166 Å². The number of benzene rings is 3. The van der Waals surface area contributed by atoms with Crippen LogP contribution in [-0.2, 0) is 59.9 Å². The predicted molar refractivity (Wildman–Crippen MR) is 254 cm³/mol. The molecule has 21 N–H and O–H groups in total. The second-order valence-electron chi connectivity index (χ2n) is 19.0. The van der Waals surface area contributed by atoms with Crippen molar-refractivity contribution in [2.24, 2.45) is 0 Å². The molecule has 0 aromatic heterocycles. The summed E-state index contributed by atoms with van der Waals surface area (Å²) in [6.45, 7) is -6.58. The first-order valence-corrected chi connectivity index (χ1v) is 24.2. The van der Waals surface area contributed by atoms with Crippen molar-refractivity contribution in [1.82, 2.24) is 16.0 Å². The van der Waals surface area contributed by atoms with Crippen molar-refractivity contribution >= 4 is 35.6 Å². The Morgan fingerprint density at radius 3 is 0.841 bits per heavy atom. The van der Waals surface area contributed by atoms with E-state index >= 15 is 0 Å². The van der Waals surface area contributed by atoms with Crippen LogP contribution in [0.15, 0.2) is 36.4 Å². The van der Waals surface area contributed by atoms with Gasteiger partial charge in [0.05, 0.1) is 36.5 Å². The number of aromatic hydroxyl groups is 6. The van der Waals surface area contributed by atoms with Gasteiger partial charge in [-0.1, -0.05) is 0 Å². The second kappa shape index (κ2) is 26.6. The Morgan fingerprint density at radius 1 is 0.390 bits per heavy atom. The molecule has 18 atom stereocenters. The summed E-state index contributed by atoms with van der Waals surface area (Å²) in [5.74, 6) is -16.2. The van der Waals surface area contributed by atoms with Gasteiger partial charge in [0.15, 0.2) is 52.6 Å². The maximum Gasteiger partial charge on any atom is 0.332 e. The summed E-state index contributed by atoms with van der Waals surface area (Å²) in [6, 6.07) is -2.13. The van der Waals surface area contributed by atoms with E-state index in [1.54, 1.807) is 0 Å². The zero-order valence-electron chi connectivity index (χ0n) is 41.9. The minimum Gasteiger partial charge on any atom is -0.504 e. The van der Waals surface area contributed by atoms with Gasteiger partial charge in [-0.15, -0.1) is 0 Å². The number of hydrogen-bond donors (Lipinski definition) is 21. The predicted octanol–water partition coefficient (Wildman–Crippen LogP) is -8.20. The Bertz CT molecular complexity index is 2560. The fourth-order valence-electron chi connectivity index (χ4n) is 9.08. The molecular formula is C48H57FeN3O30. The second-order valence-corrected chi connectivity index (χ2v) is 19.0. The minimum atomic E-state index is -2.26. The number of esters is 3. The van der Waals surface area contributed by atoms with Crippen LogP contribution in [0.3, 0.4) is 0 Å². The Hall–Kier alpha value is -6.80. The Labute approximate surface area is 470 Å². The Balaban J connectivity index is 0.0000108. The van der Waals surface area contributed by atoms with Gasteiger partial charge in [0, 0.05) is 17.1 Å². The normalized spacial score (nSPS) is 32.7. The zero-order valence-corrected chi connectivity index (χ0v) is 43.0. The van der Waals surface area contributed by atoms with Gasteiger partial charge < -0.3 is 136 Å². The number of hydrogen-bond acceptors (Lipinski definition) is 30. The molecule has 33 nitrogen and oxygen atoms in total. The average molecular weight is 1210 g/mol. The molecule has 4 saturated heterocycles. The average Bonchev–Trinajstić information content (AvgIpc) is 3.57. The molecule has 82 heavy (non-hydrogen) atoms. The molecule has 0 aliphatic carbocycles. The molecule has 3 amide bonds. The smallest absolute Gasteiger partial charge is 0.332 e. The number of ether oxygens (including phenoxy) is 6. The third kappa shape index (κ3) is 13.2. The van der Waals surface area contributed by atoms with Crippen LogP contribution in [0.4, 0.5) is 0 Å². The van der Waals surface area contributed by atoms with E-state index in [0.717, 1.165) is 36.4 Å². The first kappa shape index (κ1) is 64.4. The number of cyclic esters (lactones) is 3. The van der Waals surface area contributed by atoms with Gasteiger partial charge in [-0.3, -0.25) is 14.4 Å². The molecule has 0 bridgehead atoms. The number of nitrogens with one attached hydrogen (secondary N) is 3. The van der Waals surface area contributed by atoms with Crippen molar-refractivity contribution in [3.05, 3.63) is 69.8 Å². The molecule has 7 rings (SSSR count). The van der Waals surface area contributed by atoms with E-state index in [2.05, 4.69) is 0 Å². The molecule has 0 spiro atoms. The van der Waals surface area contributed by atoms with E-state index < -0.39 is 236 Å². The van der Waals surface area contributed by atoms with Gasteiger partial charge in [0.25, 0.3) is 17.7 Å². The van der Waals surface area contributed by atoms with E-state index in [-0.39, 0.29) is 33.8 Å². The van der Waals surface area contributed by atoms with Crippen LogP contribution in [0.25, 0.3) is 0 Å². The summed E-state index contributed by atoms with van der Waals surface area (Å²) in [4.78, 5) is 83.5. The minimum absolute atomic E-state index is 0. The van der Waals surface area contributed by atoms with Gasteiger partial charge in [-0.2, -0.15) is 0 Å². The number of carbonyl (C=O) groups excluding carboxylic acids is 6. The number of aliphatic hydroxyl groups excluding tert-OH is 12. The molecule has 0 unspecified atom stereocenters. The van der Waals surface area contributed by atoms with E-state index in [0.29, 0.717) is 0 Å². The third-order valence-corrected chi connectivity index (χ3v) is 13.7. The summed E-state index contributed by atoms with van der Waals surface area (Å²) >= 11 is 0. The number of phenols is 6. The third-order valence-electron chi connectivity index (χ3n) is 13.7. The molecule has 4 aliphatic heterocycles. The number of phenolic OH excluding ortho intramolecular Hbond substituents is 6. The first-order valence-electron chi connectivity index (χ1n) is 24.2. The van der Waals surface area contributed by atoms with Gasteiger partial charge in [-0.05, 0) is 53.1 Å². The molecule has 3 aromatic rings. The molecule has 4 aliphatic rings. The van der Waals surface area contributed by atoms with Crippen LogP contribution in [0.2, 0.25) is 0 Å². The summed E-state index contributed by atoms with van der Waals surface area (Å²) in [5.41, 5.74) is -3.87. The number of amides is 3. The summed E-state index contributed by atoms with van der Waals surface area (Å²) in [6.07, 6.45) is -27.0. The standard InChI is InChI=1S/C48H57N3O30.Fe/c52-7-25-31(61)34(64)37(67)40(79-25)13-1-16(28(58)22(55)4-13)43(70)49-19-10-76-47(74)21(51-45(72)18-3-15(6-24(57)30(18)60)42-39(69)36(66)33(63)27(9-54)81-42)12-78-48(75)20(11-77-46(19)73)50-44(71)17-2-14(5-23(56)29(17)59)41-38(68)35(65)32(62)26(8-53)80-41;/h1-6,19-21,25-27,31-42,52-69H,7-12H2,(H,49,70)(H,50,71)(H,51,72);/t19-,20-,21-,25+,26+,27+,31+,32+,33+,34-,35-,36-,37+,38+,39+,40-,41-,42-;/m0./s1. The molecule has 4 fully saturated rings. The van der Waals surface area contributed by atoms with Crippen LogP contribution < -0.4 is 16.0 Å². The van der Waals surface area contributed by atoms with Crippen molar-refractivity contribution in [3.8, 4) is 34.5 Å². The number of rotatable bonds is 12. The molecular weight excluding hydrogens is 1150 g/mol. The van der Waals surface area contributed by atoms with Gasteiger partial charge in [0.1, 0.15) is 111 Å². The Morgan fingerprint density at radius 2 is 0.622 bits per heavy atom. The fraction of sp³-hybridized carbons (Fsp3) is 0.500. The largest absolute Gasteiger partial charge is 0.504 e. The number of aliphatic hydroxyl groups is 12. The van der Waals surface area contributed by atoms with Crippen LogP contribution in [-0.4, -0.2) is 259 Å². The van der Waals surface area contributed by atoms with E-state index in [4.69, 9.17) is 28.4 Å². The first-order chi connectivity index (χ1) is 38.2. The zero-order chi connectivity index (χ0) is 59.6. The molecule has 34 heteroatoms. The molecule has 0 saturated carbocycles. The molecule has 4 heterocycles.